The Morgan fingerprint density at radius 2 is 0.800 bits per heavy atom. The first-order valence-corrected chi connectivity index (χ1v) is 6.45. The Labute approximate surface area is 93.8 Å². The molecule has 0 heterocycles. The molecule has 1 aliphatic rings. The van der Waals surface area contributed by atoms with Crippen molar-refractivity contribution in [1.82, 2.24) is 0 Å². The lowest BCUT2D eigenvalue weighted by atomic mass is 9.94. The molecule has 90 valence electrons. The van der Waals surface area contributed by atoms with Crippen LogP contribution in [0.4, 0.5) is 0 Å². The van der Waals surface area contributed by atoms with Crippen molar-refractivity contribution >= 4 is 0 Å². The predicted octanol–water partition coefficient (Wildman–Crippen LogP) is 1.49. The van der Waals surface area contributed by atoms with Crippen molar-refractivity contribution in [2.75, 3.05) is 0 Å². The van der Waals surface area contributed by atoms with Gasteiger partial charge >= 0.3 is 0 Å². The summed E-state index contributed by atoms with van der Waals surface area (Å²) in [6, 6.07) is 1.07. The summed E-state index contributed by atoms with van der Waals surface area (Å²) < 4.78 is 0. The minimum atomic E-state index is 0.336. The number of hydrogen-bond acceptors (Lipinski definition) is 3. The van der Waals surface area contributed by atoms with Crippen LogP contribution in [0.25, 0.3) is 0 Å². The van der Waals surface area contributed by atoms with Gasteiger partial charge in [-0.25, -0.2) is 0 Å². The fraction of sp³-hybridized carbons (Fsp3) is 1.00. The van der Waals surface area contributed by atoms with Crippen LogP contribution in [-0.4, -0.2) is 18.1 Å². The van der Waals surface area contributed by atoms with Crippen LogP contribution in [0.15, 0.2) is 0 Å². The van der Waals surface area contributed by atoms with E-state index < -0.39 is 0 Å². The van der Waals surface area contributed by atoms with E-state index in [-0.39, 0.29) is 0 Å². The summed E-state index contributed by atoms with van der Waals surface area (Å²) >= 11 is 0. The van der Waals surface area contributed by atoms with Crippen LogP contribution in [0.1, 0.15) is 57.8 Å². The van der Waals surface area contributed by atoms with Gasteiger partial charge in [0.05, 0.1) is 0 Å². The van der Waals surface area contributed by atoms with E-state index in [1.165, 1.54) is 19.3 Å². The number of nitrogens with two attached hydrogens (primary N) is 3. The molecule has 0 amide bonds. The molecule has 0 saturated heterocycles. The zero-order valence-corrected chi connectivity index (χ0v) is 9.83. The van der Waals surface area contributed by atoms with E-state index in [0.29, 0.717) is 18.1 Å². The molecule has 0 aliphatic heterocycles. The number of rotatable bonds is 0. The zero-order valence-electron chi connectivity index (χ0n) is 9.83. The Morgan fingerprint density at radius 1 is 0.467 bits per heavy atom. The van der Waals surface area contributed by atoms with E-state index in [2.05, 4.69) is 0 Å². The highest BCUT2D eigenvalue weighted by Crippen LogP contribution is 2.15. The van der Waals surface area contributed by atoms with Crippen molar-refractivity contribution in [2.24, 2.45) is 17.2 Å². The molecule has 0 aromatic rings. The standard InChI is InChI=1S/C12H27N3/c13-10-4-1-2-5-11(14)8-9-12(15)7-3-6-10/h10-12H,1-9,13-15H2/t10?,11-,12+/m1/s1. The molecular formula is C12H27N3. The van der Waals surface area contributed by atoms with Gasteiger partial charge in [-0.2, -0.15) is 0 Å². The Hall–Kier alpha value is -0.120. The molecule has 15 heavy (non-hydrogen) atoms. The third-order valence-electron chi connectivity index (χ3n) is 3.46. The molecule has 3 atom stereocenters. The summed E-state index contributed by atoms with van der Waals surface area (Å²) in [5.74, 6) is 0. The molecule has 0 bridgehead atoms. The molecular weight excluding hydrogens is 186 g/mol. The molecule has 1 aliphatic carbocycles. The molecule has 3 heteroatoms. The van der Waals surface area contributed by atoms with Crippen molar-refractivity contribution in [3.63, 3.8) is 0 Å². The smallest absolute Gasteiger partial charge is 0.00394 e. The minimum Gasteiger partial charge on any atom is -0.328 e. The van der Waals surface area contributed by atoms with Crippen molar-refractivity contribution in [1.29, 1.82) is 0 Å². The normalized spacial score (nSPS) is 36.6. The average molecular weight is 213 g/mol. The van der Waals surface area contributed by atoms with Gasteiger partial charge in [-0.3, -0.25) is 0 Å². The van der Waals surface area contributed by atoms with E-state index in [1.807, 2.05) is 0 Å². The maximum Gasteiger partial charge on any atom is 0.00394 e. The molecule has 0 aromatic heterocycles. The monoisotopic (exact) mass is 213 g/mol. The quantitative estimate of drug-likeness (QED) is 0.570. The highest BCUT2D eigenvalue weighted by atomic mass is 14.7. The van der Waals surface area contributed by atoms with Crippen LogP contribution in [0.2, 0.25) is 0 Å². The zero-order chi connectivity index (χ0) is 11.1. The minimum absolute atomic E-state index is 0.336. The summed E-state index contributed by atoms with van der Waals surface area (Å²) in [4.78, 5) is 0. The van der Waals surface area contributed by atoms with Gasteiger partial charge in [-0.15, -0.1) is 0 Å². The first-order valence-electron chi connectivity index (χ1n) is 6.45. The van der Waals surface area contributed by atoms with Crippen molar-refractivity contribution in [3.8, 4) is 0 Å². The maximum atomic E-state index is 6.03. The fourth-order valence-corrected chi connectivity index (χ4v) is 2.32. The Balaban J connectivity index is 2.30. The Kier molecular flexibility index (Phi) is 6.22. The van der Waals surface area contributed by atoms with Crippen LogP contribution in [0, 0.1) is 0 Å². The number of hydrogen-bond donors (Lipinski definition) is 3. The third kappa shape index (κ3) is 6.13. The van der Waals surface area contributed by atoms with Gasteiger partial charge in [0.25, 0.3) is 0 Å². The van der Waals surface area contributed by atoms with E-state index >= 15 is 0 Å². The molecule has 3 nitrogen and oxygen atoms in total. The topological polar surface area (TPSA) is 78.1 Å². The van der Waals surface area contributed by atoms with Crippen molar-refractivity contribution in [2.45, 2.75) is 75.9 Å². The third-order valence-corrected chi connectivity index (χ3v) is 3.46. The van der Waals surface area contributed by atoms with Gasteiger partial charge in [-0.1, -0.05) is 19.3 Å². The van der Waals surface area contributed by atoms with Gasteiger partial charge in [0.1, 0.15) is 0 Å². The van der Waals surface area contributed by atoms with Crippen LogP contribution in [-0.2, 0) is 0 Å². The predicted molar refractivity (Wildman–Crippen MR) is 65.5 cm³/mol. The van der Waals surface area contributed by atoms with Gasteiger partial charge in [-0.05, 0) is 38.5 Å². The van der Waals surface area contributed by atoms with Gasteiger partial charge < -0.3 is 17.2 Å². The lowest BCUT2D eigenvalue weighted by molar-refractivity contribution is 0.416. The van der Waals surface area contributed by atoms with Gasteiger partial charge in [0, 0.05) is 18.1 Å². The first-order chi connectivity index (χ1) is 7.18. The second-order valence-electron chi connectivity index (χ2n) is 5.07. The molecule has 1 fully saturated rings. The van der Waals surface area contributed by atoms with E-state index in [9.17, 15) is 0 Å². The summed E-state index contributed by atoms with van der Waals surface area (Å²) in [7, 11) is 0. The van der Waals surface area contributed by atoms with Crippen LogP contribution in [0.5, 0.6) is 0 Å². The average Bonchev–Trinajstić information content (AvgIpc) is 2.20. The molecule has 0 aromatic carbocycles. The van der Waals surface area contributed by atoms with Crippen molar-refractivity contribution < 1.29 is 0 Å². The van der Waals surface area contributed by atoms with Crippen LogP contribution >= 0.6 is 0 Å². The Morgan fingerprint density at radius 3 is 1.27 bits per heavy atom. The summed E-state index contributed by atoms with van der Waals surface area (Å²) in [6.07, 6.45) is 10.4. The second kappa shape index (κ2) is 7.20. The largest absolute Gasteiger partial charge is 0.328 e. The Bertz CT molecular complexity index is 161. The fourth-order valence-electron chi connectivity index (χ4n) is 2.32. The second-order valence-corrected chi connectivity index (χ2v) is 5.07. The van der Waals surface area contributed by atoms with Gasteiger partial charge in [0.15, 0.2) is 0 Å². The molecule has 0 radical (unpaired) electrons. The highest BCUT2D eigenvalue weighted by molar-refractivity contribution is 4.71. The van der Waals surface area contributed by atoms with E-state index in [0.717, 1.165) is 38.5 Å². The van der Waals surface area contributed by atoms with Gasteiger partial charge in [0.2, 0.25) is 0 Å². The van der Waals surface area contributed by atoms with E-state index in [1.54, 1.807) is 0 Å². The molecule has 6 N–H and O–H groups in total. The lowest BCUT2D eigenvalue weighted by Crippen LogP contribution is -2.28. The molecule has 1 rings (SSSR count). The summed E-state index contributed by atoms with van der Waals surface area (Å²) in [5.41, 5.74) is 18.1. The van der Waals surface area contributed by atoms with Crippen LogP contribution < -0.4 is 17.2 Å². The summed E-state index contributed by atoms with van der Waals surface area (Å²) in [6.45, 7) is 0. The first kappa shape index (κ1) is 12.9. The SMILES string of the molecule is NC1CCCC[C@@H](N)CC[C@@H](N)CCC1. The highest BCUT2D eigenvalue weighted by Gasteiger charge is 2.10. The lowest BCUT2D eigenvalue weighted by Gasteiger charge is -2.19. The van der Waals surface area contributed by atoms with Crippen molar-refractivity contribution in [3.05, 3.63) is 0 Å². The summed E-state index contributed by atoms with van der Waals surface area (Å²) in [5, 5.41) is 0. The maximum absolute atomic E-state index is 6.03. The van der Waals surface area contributed by atoms with E-state index in [4.69, 9.17) is 17.2 Å². The molecule has 0 spiro atoms. The molecule has 1 unspecified atom stereocenters. The molecule has 1 saturated carbocycles. The van der Waals surface area contributed by atoms with Crippen LogP contribution in [0.3, 0.4) is 0 Å².